The molecule has 0 aliphatic heterocycles. The molecule has 0 fully saturated rings. The molecule has 0 spiro atoms. The van der Waals surface area contributed by atoms with Gasteiger partial charge in [0.15, 0.2) is 0 Å². The zero-order valence-electron chi connectivity index (χ0n) is 13.0. The molecule has 0 bridgehead atoms. The van der Waals surface area contributed by atoms with Crippen molar-refractivity contribution in [3.05, 3.63) is 34.2 Å². The number of nitrogens with zero attached hydrogens (tertiary/aromatic N) is 1. The first-order valence-corrected chi connectivity index (χ1v) is 7.38. The average molecular weight is 278 g/mol. The van der Waals surface area contributed by atoms with E-state index in [0.717, 1.165) is 25.9 Å². The highest BCUT2D eigenvalue weighted by atomic mass is 16.2. The Kier molecular flexibility index (Phi) is 6.49. The normalized spacial score (nSPS) is 11.1. The van der Waals surface area contributed by atoms with Crippen molar-refractivity contribution in [3.8, 4) is 0 Å². The number of hydrogen-bond acceptors (Lipinski definition) is 2. The second-order valence-electron chi connectivity index (χ2n) is 6.10. The smallest absolute Gasteiger partial charge is 0.255 e. The Bertz CT molecular complexity index is 445. The summed E-state index contributed by atoms with van der Waals surface area (Å²) in [7, 11) is 0. The van der Waals surface area contributed by atoms with Crippen LogP contribution in [0.5, 0.6) is 0 Å². The number of carbonyl (C=O) groups is 1. The van der Waals surface area contributed by atoms with E-state index in [1.807, 2.05) is 4.90 Å². The van der Waals surface area contributed by atoms with Gasteiger partial charge in [0.1, 0.15) is 0 Å². The van der Waals surface area contributed by atoms with Crippen molar-refractivity contribution >= 4 is 5.91 Å². The molecule has 0 aliphatic rings. The van der Waals surface area contributed by atoms with Crippen LogP contribution in [0.1, 0.15) is 50.9 Å². The quantitative estimate of drug-likeness (QED) is 0.833. The molecule has 0 atom stereocenters. The molecule has 0 unspecified atom stereocenters. The minimum absolute atomic E-state index is 0.00236. The molecule has 1 rings (SSSR count). The van der Waals surface area contributed by atoms with Gasteiger partial charge >= 0.3 is 0 Å². The lowest BCUT2D eigenvalue weighted by atomic mass is 10.1. The van der Waals surface area contributed by atoms with E-state index in [4.69, 9.17) is 0 Å². The Hall–Kier alpha value is -1.58. The Balaban J connectivity index is 2.76. The lowest BCUT2D eigenvalue weighted by Gasteiger charge is -2.24. The maximum absolute atomic E-state index is 12.5. The van der Waals surface area contributed by atoms with Gasteiger partial charge in [-0.3, -0.25) is 9.59 Å². The number of rotatable bonds is 7. The first-order chi connectivity index (χ1) is 9.40. The Morgan fingerprint density at radius 1 is 1.10 bits per heavy atom. The molecular weight excluding hydrogens is 252 g/mol. The van der Waals surface area contributed by atoms with E-state index in [-0.39, 0.29) is 11.5 Å². The Morgan fingerprint density at radius 3 is 2.05 bits per heavy atom. The number of pyridine rings is 1. The zero-order valence-corrected chi connectivity index (χ0v) is 13.0. The molecule has 1 N–H and O–H groups in total. The van der Waals surface area contributed by atoms with E-state index in [2.05, 4.69) is 32.7 Å². The number of hydrogen-bond donors (Lipinski definition) is 1. The van der Waals surface area contributed by atoms with Gasteiger partial charge in [-0.05, 0) is 30.7 Å². The molecule has 1 heterocycles. The molecule has 0 saturated carbocycles. The van der Waals surface area contributed by atoms with Gasteiger partial charge in [-0.2, -0.15) is 0 Å². The molecule has 0 aromatic carbocycles. The summed E-state index contributed by atoms with van der Waals surface area (Å²) >= 11 is 0. The fraction of sp³-hybridized carbons (Fsp3) is 0.625. The standard InChI is InChI=1S/C16H26N2O2/c1-12(2)7-9-18(10-8-13(3)4)16(20)14-5-6-15(19)17-11-14/h5-6,11-13H,7-10H2,1-4H3,(H,17,19). The molecule has 0 aliphatic carbocycles. The highest BCUT2D eigenvalue weighted by Crippen LogP contribution is 2.10. The van der Waals surface area contributed by atoms with Crippen molar-refractivity contribution in [2.24, 2.45) is 11.8 Å². The summed E-state index contributed by atoms with van der Waals surface area (Å²) in [5, 5.41) is 0. The number of amides is 1. The van der Waals surface area contributed by atoms with E-state index in [1.54, 1.807) is 6.07 Å². The molecule has 112 valence electrons. The van der Waals surface area contributed by atoms with Crippen LogP contribution in [0, 0.1) is 11.8 Å². The van der Waals surface area contributed by atoms with Crippen molar-refractivity contribution in [1.82, 2.24) is 9.88 Å². The summed E-state index contributed by atoms with van der Waals surface area (Å²) in [5.41, 5.74) is 0.370. The first-order valence-electron chi connectivity index (χ1n) is 7.38. The summed E-state index contributed by atoms with van der Waals surface area (Å²) in [6, 6.07) is 3.00. The highest BCUT2D eigenvalue weighted by molar-refractivity contribution is 5.93. The van der Waals surface area contributed by atoms with Gasteiger partial charge in [-0.25, -0.2) is 0 Å². The van der Waals surface area contributed by atoms with Crippen LogP contribution in [-0.2, 0) is 0 Å². The molecule has 1 amide bonds. The van der Waals surface area contributed by atoms with Crippen LogP contribution in [0.15, 0.2) is 23.1 Å². The second kappa shape index (κ2) is 7.88. The minimum Gasteiger partial charge on any atom is -0.339 e. The molecule has 20 heavy (non-hydrogen) atoms. The summed E-state index contributed by atoms with van der Waals surface area (Å²) in [6.45, 7) is 10.2. The maximum atomic E-state index is 12.5. The predicted molar refractivity (Wildman–Crippen MR) is 81.9 cm³/mol. The highest BCUT2D eigenvalue weighted by Gasteiger charge is 2.16. The van der Waals surface area contributed by atoms with Crippen LogP contribution in [0.3, 0.4) is 0 Å². The fourth-order valence-corrected chi connectivity index (χ4v) is 1.87. The minimum atomic E-state index is -0.183. The van der Waals surface area contributed by atoms with Gasteiger partial charge in [0, 0.05) is 25.4 Å². The van der Waals surface area contributed by atoms with E-state index in [0.29, 0.717) is 17.4 Å². The van der Waals surface area contributed by atoms with Crippen LogP contribution in [0.4, 0.5) is 0 Å². The fourth-order valence-electron chi connectivity index (χ4n) is 1.87. The first kappa shape index (κ1) is 16.5. The molecule has 4 heteroatoms. The van der Waals surface area contributed by atoms with E-state index in [1.165, 1.54) is 12.3 Å². The van der Waals surface area contributed by atoms with E-state index < -0.39 is 0 Å². The van der Waals surface area contributed by atoms with Crippen molar-refractivity contribution in [3.63, 3.8) is 0 Å². The molecule has 1 aromatic heterocycles. The predicted octanol–water partition coefficient (Wildman–Crippen LogP) is 2.91. The van der Waals surface area contributed by atoms with Gasteiger partial charge in [0.25, 0.3) is 5.91 Å². The zero-order chi connectivity index (χ0) is 15.1. The van der Waals surface area contributed by atoms with E-state index in [9.17, 15) is 9.59 Å². The Morgan fingerprint density at radius 2 is 1.65 bits per heavy atom. The van der Waals surface area contributed by atoms with Gasteiger partial charge < -0.3 is 9.88 Å². The summed E-state index contributed by atoms with van der Waals surface area (Å²) in [5.74, 6) is 1.14. The summed E-state index contributed by atoms with van der Waals surface area (Å²) in [4.78, 5) is 28.0. The van der Waals surface area contributed by atoms with Crippen LogP contribution in [-0.4, -0.2) is 28.9 Å². The number of H-pyrrole nitrogens is 1. The van der Waals surface area contributed by atoms with Crippen molar-refractivity contribution < 1.29 is 4.79 Å². The average Bonchev–Trinajstić information content (AvgIpc) is 2.38. The molecular formula is C16H26N2O2. The second-order valence-corrected chi connectivity index (χ2v) is 6.10. The largest absolute Gasteiger partial charge is 0.339 e. The monoisotopic (exact) mass is 278 g/mol. The number of aromatic nitrogens is 1. The van der Waals surface area contributed by atoms with Gasteiger partial charge in [0.2, 0.25) is 5.56 Å². The molecule has 4 nitrogen and oxygen atoms in total. The number of carbonyl (C=O) groups excluding carboxylic acids is 1. The lowest BCUT2D eigenvalue weighted by molar-refractivity contribution is 0.0740. The topological polar surface area (TPSA) is 53.2 Å². The van der Waals surface area contributed by atoms with Gasteiger partial charge in [-0.1, -0.05) is 27.7 Å². The van der Waals surface area contributed by atoms with Crippen LogP contribution in [0.2, 0.25) is 0 Å². The van der Waals surface area contributed by atoms with Crippen molar-refractivity contribution in [1.29, 1.82) is 0 Å². The molecule has 0 radical (unpaired) electrons. The van der Waals surface area contributed by atoms with Gasteiger partial charge in [0.05, 0.1) is 5.56 Å². The van der Waals surface area contributed by atoms with E-state index >= 15 is 0 Å². The van der Waals surface area contributed by atoms with Gasteiger partial charge in [-0.15, -0.1) is 0 Å². The van der Waals surface area contributed by atoms with Crippen LogP contribution >= 0.6 is 0 Å². The molecule has 0 saturated heterocycles. The maximum Gasteiger partial charge on any atom is 0.255 e. The summed E-state index contributed by atoms with van der Waals surface area (Å²) in [6.07, 6.45) is 3.49. The third kappa shape index (κ3) is 5.59. The number of aromatic amines is 1. The van der Waals surface area contributed by atoms with Crippen LogP contribution in [0.25, 0.3) is 0 Å². The Labute approximate surface area is 121 Å². The third-order valence-corrected chi connectivity index (χ3v) is 3.27. The van der Waals surface area contributed by atoms with Crippen LogP contribution < -0.4 is 5.56 Å². The van der Waals surface area contributed by atoms with Crippen molar-refractivity contribution in [2.45, 2.75) is 40.5 Å². The lowest BCUT2D eigenvalue weighted by Crippen LogP contribution is -2.34. The van der Waals surface area contributed by atoms with Crippen molar-refractivity contribution in [2.75, 3.05) is 13.1 Å². The summed E-state index contributed by atoms with van der Waals surface area (Å²) < 4.78 is 0. The number of nitrogens with one attached hydrogen (secondary N) is 1. The molecule has 1 aromatic rings. The third-order valence-electron chi connectivity index (χ3n) is 3.27. The SMILES string of the molecule is CC(C)CCN(CCC(C)C)C(=O)c1ccc(=O)[nH]c1.